The van der Waals surface area contributed by atoms with Crippen LogP contribution in [0.5, 0.6) is 0 Å². The zero-order valence-electron chi connectivity index (χ0n) is 10.7. The van der Waals surface area contributed by atoms with Gasteiger partial charge in [0.1, 0.15) is 5.76 Å². The molecule has 0 fully saturated rings. The highest BCUT2D eigenvalue weighted by molar-refractivity contribution is 5.23. The van der Waals surface area contributed by atoms with Gasteiger partial charge in [0.05, 0.1) is 18.2 Å². The van der Waals surface area contributed by atoms with Gasteiger partial charge in [-0.05, 0) is 25.8 Å². The van der Waals surface area contributed by atoms with Gasteiger partial charge in [-0.1, -0.05) is 29.8 Å². The molecular formula is C15H16N2O. The van der Waals surface area contributed by atoms with Crippen LogP contribution in [-0.4, -0.2) is 4.98 Å². The predicted molar refractivity (Wildman–Crippen MR) is 69.1 cm³/mol. The summed E-state index contributed by atoms with van der Waals surface area (Å²) in [6.45, 7) is 3.94. The van der Waals surface area contributed by atoms with E-state index >= 15 is 0 Å². The Balaban J connectivity index is 2.02. The highest BCUT2D eigenvalue weighted by Crippen LogP contribution is 2.13. The number of benzene rings is 1. The molecule has 18 heavy (non-hydrogen) atoms. The Morgan fingerprint density at radius 1 is 1.28 bits per heavy atom. The van der Waals surface area contributed by atoms with Gasteiger partial charge in [0.25, 0.3) is 0 Å². The maximum absolute atomic E-state index is 8.66. The Bertz CT molecular complexity index is 578. The summed E-state index contributed by atoms with van der Waals surface area (Å²) in [5, 5.41) is 8.66. The van der Waals surface area contributed by atoms with Crippen molar-refractivity contribution in [3.63, 3.8) is 0 Å². The van der Waals surface area contributed by atoms with Gasteiger partial charge in [0.2, 0.25) is 0 Å². The first-order chi connectivity index (χ1) is 8.69. The minimum absolute atomic E-state index is 0.319. The van der Waals surface area contributed by atoms with Crippen molar-refractivity contribution in [2.45, 2.75) is 33.1 Å². The molecule has 0 bridgehead atoms. The molecule has 0 saturated heterocycles. The number of aryl methyl sites for hydroxylation is 4. The molecule has 0 unspecified atom stereocenters. The minimum Gasteiger partial charge on any atom is -0.446 e. The first-order valence-electron chi connectivity index (χ1n) is 6.06. The summed E-state index contributed by atoms with van der Waals surface area (Å²) >= 11 is 0. The standard InChI is InChI=1S/C15H16N2O/c1-11-4-3-5-13(10-11)6-7-15-17-14(8-9-16)12(2)18-15/h3-5,10H,6-8H2,1-2H3. The first-order valence-corrected chi connectivity index (χ1v) is 6.06. The van der Waals surface area contributed by atoms with Crippen molar-refractivity contribution >= 4 is 0 Å². The van der Waals surface area contributed by atoms with Crippen LogP contribution in [0.4, 0.5) is 0 Å². The van der Waals surface area contributed by atoms with E-state index in [1.54, 1.807) is 0 Å². The summed E-state index contributed by atoms with van der Waals surface area (Å²) in [6, 6.07) is 10.5. The van der Waals surface area contributed by atoms with Crippen molar-refractivity contribution in [1.82, 2.24) is 4.98 Å². The second-order valence-electron chi connectivity index (χ2n) is 4.43. The van der Waals surface area contributed by atoms with Crippen molar-refractivity contribution in [2.75, 3.05) is 0 Å². The maximum Gasteiger partial charge on any atom is 0.194 e. The van der Waals surface area contributed by atoms with Crippen molar-refractivity contribution in [3.8, 4) is 6.07 Å². The summed E-state index contributed by atoms with van der Waals surface area (Å²) in [5.74, 6) is 1.48. The molecule has 0 aliphatic rings. The second-order valence-corrected chi connectivity index (χ2v) is 4.43. The molecule has 1 aromatic carbocycles. The third-order valence-corrected chi connectivity index (χ3v) is 2.89. The van der Waals surface area contributed by atoms with Crippen LogP contribution in [0, 0.1) is 25.2 Å². The van der Waals surface area contributed by atoms with E-state index < -0.39 is 0 Å². The van der Waals surface area contributed by atoms with Gasteiger partial charge in [0.15, 0.2) is 5.89 Å². The Labute approximate surface area is 107 Å². The van der Waals surface area contributed by atoms with E-state index in [0.29, 0.717) is 6.42 Å². The third-order valence-electron chi connectivity index (χ3n) is 2.89. The molecule has 3 heteroatoms. The van der Waals surface area contributed by atoms with Gasteiger partial charge in [-0.25, -0.2) is 4.98 Å². The van der Waals surface area contributed by atoms with Gasteiger partial charge in [-0.15, -0.1) is 0 Å². The van der Waals surface area contributed by atoms with E-state index in [1.807, 2.05) is 6.92 Å². The molecular weight excluding hydrogens is 224 g/mol. The average molecular weight is 240 g/mol. The molecule has 0 radical (unpaired) electrons. The normalized spacial score (nSPS) is 10.3. The summed E-state index contributed by atoms with van der Waals surface area (Å²) in [4.78, 5) is 4.35. The van der Waals surface area contributed by atoms with E-state index in [1.165, 1.54) is 11.1 Å². The monoisotopic (exact) mass is 240 g/mol. The fourth-order valence-electron chi connectivity index (χ4n) is 1.95. The zero-order chi connectivity index (χ0) is 13.0. The lowest BCUT2D eigenvalue weighted by molar-refractivity contribution is 0.469. The zero-order valence-corrected chi connectivity index (χ0v) is 10.7. The molecule has 0 atom stereocenters. The highest BCUT2D eigenvalue weighted by Gasteiger charge is 2.09. The highest BCUT2D eigenvalue weighted by atomic mass is 16.4. The van der Waals surface area contributed by atoms with Crippen LogP contribution in [0.1, 0.15) is 28.5 Å². The van der Waals surface area contributed by atoms with Crippen LogP contribution in [0.25, 0.3) is 0 Å². The third kappa shape index (κ3) is 2.98. The smallest absolute Gasteiger partial charge is 0.194 e. The fourth-order valence-corrected chi connectivity index (χ4v) is 1.95. The first kappa shape index (κ1) is 12.4. The Kier molecular flexibility index (Phi) is 3.78. The van der Waals surface area contributed by atoms with E-state index in [0.717, 1.165) is 30.2 Å². The number of rotatable bonds is 4. The van der Waals surface area contributed by atoms with Crippen LogP contribution in [0.15, 0.2) is 28.7 Å². The minimum atomic E-state index is 0.319. The Hall–Kier alpha value is -2.08. The summed E-state index contributed by atoms with van der Waals surface area (Å²) in [5.41, 5.74) is 3.31. The second kappa shape index (κ2) is 5.50. The summed E-state index contributed by atoms with van der Waals surface area (Å²) < 4.78 is 5.56. The number of oxazole rings is 1. The molecule has 0 aliphatic carbocycles. The number of hydrogen-bond donors (Lipinski definition) is 0. The van der Waals surface area contributed by atoms with Gasteiger partial charge >= 0.3 is 0 Å². The molecule has 0 spiro atoms. The molecule has 1 heterocycles. The van der Waals surface area contributed by atoms with Crippen molar-refractivity contribution in [1.29, 1.82) is 5.26 Å². The fraction of sp³-hybridized carbons (Fsp3) is 0.333. The van der Waals surface area contributed by atoms with Gasteiger partial charge in [0, 0.05) is 6.42 Å². The molecule has 0 N–H and O–H groups in total. The van der Waals surface area contributed by atoms with Gasteiger partial charge in [-0.3, -0.25) is 0 Å². The lowest BCUT2D eigenvalue weighted by Gasteiger charge is -2.00. The molecule has 92 valence electrons. The van der Waals surface area contributed by atoms with E-state index in [2.05, 4.69) is 42.2 Å². The van der Waals surface area contributed by atoms with Crippen molar-refractivity contribution < 1.29 is 4.42 Å². The average Bonchev–Trinajstić information content (AvgIpc) is 2.69. The van der Waals surface area contributed by atoms with Gasteiger partial charge < -0.3 is 4.42 Å². The Morgan fingerprint density at radius 2 is 2.11 bits per heavy atom. The van der Waals surface area contributed by atoms with Gasteiger partial charge in [-0.2, -0.15) is 5.26 Å². The SMILES string of the molecule is Cc1cccc(CCc2nc(CC#N)c(C)o2)c1. The van der Waals surface area contributed by atoms with Crippen molar-refractivity contribution in [3.05, 3.63) is 52.7 Å². The number of hydrogen-bond acceptors (Lipinski definition) is 3. The molecule has 2 rings (SSSR count). The predicted octanol–water partition coefficient (Wildman–Crippen LogP) is 3.14. The maximum atomic E-state index is 8.66. The summed E-state index contributed by atoms with van der Waals surface area (Å²) in [6.07, 6.45) is 2.00. The number of nitrogens with zero attached hydrogens (tertiary/aromatic N) is 2. The molecule has 3 nitrogen and oxygen atoms in total. The Morgan fingerprint density at radius 3 is 2.83 bits per heavy atom. The number of aromatic nitrogens is 1. The lowest BCUT2D eigenvalue weighted by Crippen LogP contribution is -1.92. The molecule has 1 aromatic heterocycles. The molecule has 0 amide bonds. The summed E-state index contributed by atoms with van der Waals surface area (Å²) in [7, 11) is 0. The molecule has 0 aliphatic heterocycles. The van der Waals surface area contributed by atoms with Crippen LogP contribution in [-0.2, 0) is 19.3 Å². The number of nitriles is 1. The van der Waals surface area contributed by atoms with E-state index in [9.17, 15) is 0 Å². The topological polar surface area (TPSA) is 49.8 Å². The lowest BCUT2D eigenvalue weighted by atomic mass is 10.1. The molecule has 2 aromatic rings. The van der Waals surface area contributed by atoms with Crippen molar-refractivity contribution in [2.24, 2.45) is 0 Å². The van der Waals surface area contributed by atoms with Crippen LogP contribution >= 0.6 is 0 Å². The quantitative estimate of drug-likeness (QED) is 0.824. The van der Waals surface area contributed by atoms with Crippen LogP contribution in [0.3, 0.4) is 0 Å². The van der Waals surface area contributed by atoms with E-state index in [-0.39, 0.29) is 0 Å². The van der Waals surface area contributed by atoms with Crippen LogP contribution in [0.2, 0.25) is 0 Å². The van der Waals surface area contributed by atoms with Crippen LogP contribution < -0.4 is 0 Å². The largest absolute Gasteiger partial charge is 0.446 e. The van der Waals surface area contributed by atoms with E-state index in [4.69, 9.17) is 9.68 Å². The molecule has 0 saturated carbocycles.